The van der Waals surface area contributed by atoms with Gasteiger partial charge in [-0.1, -0.05) is 42.5 Å². The predicted octanol–water partition coefficient (Wildman–Crippen LogP) is 2.13. The summed E-state index contributed by atoms with van der Waals surface area (Å²) in [6, 6.07) is 17.9. The first-order chi connectivity index (χ1) is 13.2. The third-order valence-corrected chi connectivity index (χ3v) is 4.27. The van der Waals surface area contributed by atoms with Gasteiger partial charge in [-0.05, 0) is 23.8 Å². The van der Waals surface area contributed by atoms with Crippen LogP contribution in [0.4, 0.5) is 5.69 Å². The zero-order chi connectivity index (χ0) is 18.6. The Kier molecular flexibility index (Phi) is 4.57. The molecule has 7 heteroatoms. The molecule has 0 unspecified atom stereocenters. The molecule has 0 fully saturated rings. The van der Waals surface area contributed by atoms with E-state index < -0.39 is 11.9 Å². The lowest BCUT2D eigenvalue weighted by molar-refractivity contribution is -0.118. The summed E-state index contributed by atoms with van der Waals surface area (Å²) in [6.45, 7) is 0.0515. The van der Waals surface area contributed by atoms with Crippen molar-refractivity contribution in [3.63, 3.8) is 0 Å². The summed E-state index contributed by atoms with van der Waals surface area (Å²) in [4.78, 5) is 24.8. The summed E-state index contributed by atoms with van der Waals surface area (Å²) >= 11 is 0. The van der Waals surface area contributed by atoms with E-state index in [1.807, 2.05) is 36.4 Å². The van der Waals surface area contributed by atoms with Crippen LogP contribution in [0.2, 0.25) is 0 Å². The molecule has 1 atom stereocenters. The van der Waals surface area contributed by atoms with E-state index in [1.165, 1.54) is 0 Å². The lowest BCUT2D eigenvalue weighted by Gasteiger charge is -2.13. The van der Waals surface area contributed by atoms with Crippen molar-refractivity contribution in [3.8, 4) is 5.75 Å². The van der Waals surface area contributed by atoms with Crippen molar-refractivity contribution in [2.24, 2.45) is 0 Å². The number of aromatic amines is 1. The van der Waals surface area contributed by atoms with Crippen molar-refractivity contribution < 1.29 is 14.3 Å². The van der Waals surface area contributed by atoms with Crippen LogP contribution in [0.1, 0.15) is 21.7 Å². The molecule has 1 aliphatic rings. The molecule has 136 valence electrons. The van der Waals surface area contributed by atoms with Gasteiger partial charge in [-0.15, -0.1) is 0 Å². The van der Waals surface area contributed by atoms with Crippen LogP contribution in [0.5, 0.6) is 5.75 Å². The maximum Gasteiger partial charge on any atom is 0.272 e. The van der Waals surface area contributed by atoms with E-state index in [2.05, 4.69) is 20.8 Å². The monoisotopic (exact) mass is 362 g/mol. The molecule has 0 saturated heterocycles. The van der Waals surface area contributed by atoms with Crippen molar-refractivity contribution in [1.82, 2.24) is 15.5 Å². The Morgan fingerprint density at radius 3 is 2.78 bits per heavy atom. The minimum atomic E-state index is -0.806. The fraction of sp³-hybridized carbons (Fsp3) is 0.150. The van der Waals surface area contributed by atoms with Crippen molar-refractivity contribution in [2.45, 2.75) is 12.5 Å². The molecule has 2 aromatic carbocycles. The normalized spacial score (nSPS) is 15.9. The van der Waals surface area contributed by atoms with Gasteiger partial charge in [0.1, 0.15) is 24.1 Å². The first-order valence-corrected chi connectivity index (χ1v) is 8.61. The van der Waals surface area contributed by atoms with Crippen LogP contribution in [-0.2, 0) is 11.2 Å². The quantitative estimate of drug-likeness (QED) is 0.662. The summed E-state index contributed by atoms with van der Waals surface area (Å²) in [5, 5.41) is 12.4. The zero-order valence-corrected chi connectivity index (χ0v) is 14.4. The summed E-state index contributed by atoms with van der Waals surface area (Å²) < 4.78 is 5.63. The molecule has 0 aliphatic carbocycles. The molecule has 1 aliphatic heterocycles. The van der Waals surface area contributed by atoms with Crippen molar-refractivity contribution in [1.29, 1.82) is 0 Å². The number of aromatic nitrogens is 2. The van der Waals surface area contributed by atoms with Crippen LogP contribution in [0.15, 0.2) is 60.7 Å². The number of benzene rings is 2. The largest absolute Gasteiger partial charge is 0.489 e. The number of carbonyl (C=O) groups excluding carboxylic acids is 2. The summed E-state index contributed by atoms with van der Waals surface area (Å²) in [5.74, 6) is -0.180. The number of nitrogens with one attached hydrogen (secondary N) is 3. The minimum absolute atomic E-state index is 0.0515. The first kappa shape index (κ1) is 16.8. The standard InChI is InChI=1S/C20H18N4O3/c25-19(16-11-14(23-24-16)10-13-6-2-1-3-7-13)22-17-12-27-18-9-5-4-8-15(18)21-20(17)26/h1-9,11,17H,10,12H2,(H,21,26)(H,22,25)(H,23,24)/t17-/m0/s1. The van der Waals surface area contributed by atoms with Gasteiger partial charge in [0.15, 0.2) is 0 Å². The highest BCUT2D eigenvalue weighted by molar-refractivity contribution is 6.01. The van der Waals surface area contributed by atoms with Crippen molar-refractivity contribution in [2.75, 3.05) is 11.9 Å². The van der Waals surface area contributed by atoms with Gasteiger partial charge in [0.25, 0.3) is 11.8 Å². The first-order valence-electron chi connectivity index (χ1n) is 8.61. The predicted molar refractivity (Wildman–Crippen MR) is 99.7 cm³/mol. The summed E-state index contributed by atoms with van der Waals surface area (Å²) in [5.41, 5.74) is 2.75. The van der Waals surface area contributed by atoms with E-state index >= 15 is 0 Å². The molecule has 1 aromatic heterocycles. The van der Waals surface area contributed by atoms with Crippen molar-refractivity contribution in [3.05, 3.63) is 77.6 Å². The number of H-pyrrole nitrogens is 1. The van der Waals surface area contributed by atoms with E-state index in [9.17, 15) is 9.59 Å². The highest BCUT2D eigenvalue weighted by atomic mass is 16.5. The summed E-state index contributed by atoms with van der Waals surface area (Å²) in [7, 11) is 0. The number of anilines is 1. The van der Waals surface area contributed by atoms with Crippen LogP contribution < -0.4 is 15.4 Å². The molecule has 0 radical (unpaired) electrons. The van der Waals surface area contributed by atoms with Gasteiger partial charge in [0, 0.05) is 12.1 Å². The Morgan fingerprint density at radius 1 is 1.15 bits per heavy atom. The zero-order valence-electron chi connectivity index (χ0n) is 14.4. The van der Waals surface area contributed by atoms with Crippen LogP contribution >= 0.6 is 0 Å². The van der Waals surface area contributed by atoms with Gasteiger partial charge in [-0.2, -0.15) is 5.10 Å². The van der Waals surface area contributed by atoms with Crippen LogP contribution in [-0.4, -0.2) is 34.7 Å². The van der Waals surface area contributed by atoms with Gasteiger partial charge >= 0.3 is 0 Å². The molecule has 0 bridgehead atoms. The highest BCUT2D eigenvalue weighted by Crippen LogP contribution is 2.26. The second-order valence-electron chi connectivity index (χ2n) is 6.26. The molecule has 3 aromatic rings. The number of nitrogens with zero attached hydrogens (tertiary/aromatic N) is 1. The molecule has 0 saturated carbocycles. The Morgan fingerprint density at radius 2 is 1.93 bits per heavy atom. The number of fused-ring (bicyclic) bond motifs is 1. The van der Waals surface area contributed by atoms with E-state index in [1.54, 1.807) is 24.3 Å². The second kappa shape index (κ2) is 7.33. The lowest BCUT2D eigenvalue weighted by atomic mass is 10.1. The maximum absolute atomic E-state index is 12.5. The number of para-hydroxylation sites is 2. The molecule has 4 rings (SSSR count). The Balaban J connectivity index is 1.41. The molecule has 3 N–H and O–H groups in total. The van der Waals surface area contributed by atoms with Gasteiger partial charge in [0.2, 0.25) is 0 Å². The topological polar surface area (TPSA) is 96.1 Å². The molecule has 0 spiro atoms. The molecule has 2 amide bonds. The average Bonchev–Trinajstić information content (AvgIpc) is 3.09. The van der Waals surface area contributed by atoms with Crippen LogP contribution in [0.3, 0.4) is 0 Å². The Labute approximate surface area is 155 Å². The number of carbonyl (C=O) groups is 2. The third kappa shape index (κ3) is 3.82. The van der Waals surface area contributed by atoms with Gasteiger partial charge < -0.3 is 15.4 Å². The molecule has 7 nitrogen and oxygen atoms in total. The Hall–Kier alpha value is -3.61. The molecule has 27 heavy (non-hydrogen) atoms. The molecule has 2 heterocycles. The van der Waals surface area contributed by atoms with Gasteiger partial charge in [-0.3, -0.25) is 14.7 Å². The Bertz CT molecular complexity index is 968. The SMILES string of the molecule is O=C(N[C@H]1COc2ccccc2NC1=O)c1cc(Cc2ccccc2)[nH]n1. The van der Waals surface area contributed by atoms with E-state index in [-0.39, 0.29) is 18.2 Å². The summed E-state index contributed by atoms with van der Waals surface area (Å²) in [6.07, 6.45) is 0.642. The van der Waals surface area contributed by atoms with Crippen molar-refractivity contribution >= 4 is 17.5 Å². The smallest absolute Gasteiger partial charge is 0.272 e. The number of ether oxygens (including phenoxy) is 1. The molecular formula is C20H18N4O3. The number of hydrogen-bond donors (Lipinski definition) is 3. The second-order valence-corrected chi connectivity index (χ2v) is 6.26. The van der Waals surface area contributed by atoms with Gasteiger partial charge in [-0.25, -0.2) is 0 Å². The van der Waals surface area contributed by atoms with E-state index in [0.717, 1.165) is 11.3 Å². The maximum atomic E-state index is 12.5. The van der Waals surface area contributed by atoms with E-state index in [0.29, 0.717) is 17.9 Å². The number of amides is 2. The lowest BCUT2D eigenvalue weighted by Crippen LogP contribution is -2.46. The number of rotatable bonds is 4. The number of hydrogen-bond acceptors (Lipinski definition) is 4. The van der Waals surface area contributed by atoms with Crippen LogP contribution in [0.25, 0.3) is 0 Å². The highest BCUT2D eigenvalue weighted by Gasteiger charge is 2.27. The van der Waals surface area contributed by atoms with Crippen LogP contribution in [0, 0.1) is 0 Å². The average molecular weight is 362 g/mol. The van der Waals surface area contributed by atoms with Gasteiger partial charge in [0.05, 0.1) is 5.69 Å². The minimum Gasteiger partial charge on any atom is -0.489 e. The molecular weight excluding hydrogens is 344 g/mol. The van der Waals surface area contributed by atoms with E-state index in [4.69, 9.17) is 4.74 Å². The fourth-order valence-electron chi connectivity index (χ4n) is 2.89. The fourth-order valence-corrected chi connectivity index (χ4v) is 2.89. The third-order valence-electron chi connectivity index (χ3n) is 4.27.